The highest BCUT2D eigenvalue weighted by Crippen LogP contribution is 2.34. The lowest BCUT2D eigenvalue weighted by atomic mass is 10.1. The van der Waals surface area contributed by atoms with Crippen LogP contribution in [-0.4, -0.2) is 6.29 Å². The lowest BCUT2D eigenvalue weighted by Gasteiger charge is -2.00. The van der Waals surface area contributed by atoms with Gasteiger partial charge in [-0.2, -0.15) is 0 Å². The number of furan rings is 1. The van der Waals surface area contributed by atoms with Crippen LogP contribution in [-0.2, 0) is 0 Å². The third kappa shape index (κ3) is 2.29. The molecule has 0 bridgehead atoms. The number of halogens is 1. The van der Waals surface area contributed by atoms with Gasteiger partial charge in [0.15, 0.2) is 6.29 Å². The molecular weight excluding hydrogens is 327 g/mol. The number of benzene rings is 1. The van der Waals surface area contributed by atoms with Gasteiger partial charge in [0.25, 0.3) is 0 Å². The van der Waals surface area contributed by atoms with Crippen LogP contribution in [0.25, 0.3) is 11.3 Å². The fraction of sp³-hybridized carbons (Fsp3) is 0.214. The first-order valence-corrected chi connectivity index (χ1v) is 6.55. The first kappa shape index (κ1) is 12.4. The lowest BCUT2D eigenvalue weighted by molar-refractivity contribution is 0.112. The van der Waals surface area contributed by atoms with Gasteiger partial charge < -0.3 is 4.42 Å². The van der Waals surface area contributed by atoms with E-state index in [9.17, 15) is 4.79 Å². The van der Waals surface area contributed by atoms with Gasteiger partial charge in [-0.1, -0.05) is 44.2 Å². The Morgan fingerprint density at radius 3 is 2.35 bits per heavy atom. The SMILES string of the molecule is CC(C)c1oc(-c2ccccc2)c(I)c1C=O. The maximum absolute atomic E-state index is 11.1. The molecule has 2 nitrogen and oxygen atoms in total. The van der Waals surface area contributed by atoms with E-state index in [2.05, 4.69) is 22.6 Å². The second-order valence-corrected chi connectivity index (χ2v) is 5.24. The van der Waals surface area contributed by atoms with Crippen molar-refractivity contribution in [2.75, 3.05) is 0 Å². The van der Waals surface area contributed by atoms with Gasteiger partial charge in [-0.05, 0) is 22.6 Å². The second-order valence-electron chi connectivity index (χ2n) is 4.16. The van der Waals surface area contributed by atoms with E-state index in [1.54, 1.807) is 0 Å². The molecule has 0 atom stereocenters. The monoisotopic (exact) mass is 340 g/mol. The minimum absolute atomic E-state index is 0.209. The summed E-state index contributed by atoms with van der Waals surface area (Å²) in [6, 6.07) is 9.86. The third-order valence-corrected chi connectivity index (χ3v) is 3.66. The fourth-order valence-electron chi connectivity index (χ4n) is 1.75. The molecule has 0 N–H and O–H groups in total. The Labute approximate surface area is 114 Å². The molecule has 88 valence electrons. The Morgan fingerprint density at radius 1 is 1.24 bits per heavy atom. The van der Waals surface area contributed by atoms with Crippen LogP contribution in [0.5, 0.6) is 0 Å². The molecule has 2 aromatic rings. The summed E-state index contributed by atoms with van der Waals surface area (Å²) in [6.45, 7) is 4.05. The van der Waals surface area contributed by atoms with Gasteiger partial charge in [0.2, 0.25) is 0 Å². The zero-order valence-electron chi connectivity index (χ0n) is 9.74. The van der Waals surface area contributed by atoms with E-state index >= 15 is 0 Å². The van der Waals surface area contributed by atoms with Crippen molar-refractivity contribution in [3.8, 4) is 11.3 Å². The summed E-state index contributed by atoms with van der Waals surface area (Å²) in [5.41, 5.74) is 1.69. The van der Waals surface area contributed by atoms with Crippen LogP contribution >= 0.6 is 22.6 Å². The molecule has 1 aromatic heterocycles. The van der Waals surface area contributed by atoms with E-state index < -0.39 is 0 Å². The summed E-state index contributed by atoms with van der Waals surface area (Å²) in [7, 11) is 0. The molecule has 0 saturated carbocycles. The Bertz CT molecular complexity index is 527. The Kier molecular flexibility index (Phi) is 3.66. The Balaban J connectivity index is 2.61. The highest BCUT2D eigenvalue weighted by Gasteiger charge is 2.20. The van der Waals surface area contributed by atoms with Gasteiger partial charge in [-0.15, -0.1) is 0 Å². The molecule has 0 aliphatic rings. The molecule has 0 radical (unpaired) electrons. The van der Waals surface area contributed by atoms with Crippen molar-refractivity contribution in [3.05, 3.63) is 45.2 Å². The summed E-state index contributed by atoms with van der Waals surface area (Å²) in [4.78, 5) is 11.1. The van der Waals surface area contributed by atoms with E-state index in [1.165, 1.54) is 0 Å². The first-order valence-electron chi connectivity index (χ1n) is 5.48. The molecule has 0 spiro atoms. The van der Waals surface area contributed by atoms with Gasteiger partial charge >= 0.3 is 0 Å². The smallest absolute Gasteiger partial charge is 0.154 e. The highest BCUT2D eigenvalue weighted by atomic mass is 127. The average Bonchev–Trinajstić information content (AvgIpc) is 2.67. The lowest BCUT2D eigenvalue weighted by Crippen LogP contribution is -1.90. The van der Waals surface area contributed by atoms with Crippen molar-refractivity contribution in [2.45, 2.75) is 19.8 Å². The number of rotatable bonds is 3. The fourth-order valence-corrected chi connectivity index (χ4v) is 2.57. The van der Waals surface area contributed by atoms with Gasteiger partial charge in [0.05, 0.1) is 9.13 Å². The topological polar surface area (TPSA) is 30.2 Å². The summed E-state index contributed by atoms with van der Waals surface area (Å²) < 4.78 is 6.74. The van der Waals surface area contributed by atoms with Crippen molar-refractivity contribution in [3.63, 3.8) is 0 Å². The van der Waals surface area contributed by atoms with Crippen LogP contribution in [0.15, 0.2) is 34.7 Å². The summed E-state index contributed by atoms with van der Waals surface area (Å²) >= 11 is 2.17. The van der Waals surface area contributed by atoms with Crippen LogP contribution in [0.1, 0.15) is 35.9 Å². The number of carbonyl (C=O) groups excluding carboxylic acids is 1. The molecule has 0 unspecified atom stereocenters. The minimum Gasteiger partial charge on any atom is -0.459 e. The maximum Gasteiger partial charge on any atom is 0.154 e. The Morgan fingerprint density at radius 2 is 1.88 bits per heavy atom. The summed E-state index contributed by atoms with van der Waals surface area (Å²) in [5, 5.41) is 0. The molecule has 0 amide bonds. The molecule has 1 aromatic carbocycles. The largest absolute Gasteiger partial charge is 0.459 e. The van der Waals surface area contributed by atoms with Crippen LogP contribution < -0.4 is 0 Å². The van der Waals surface area contributed by atoms with Gasteiger partial charge in [0.1, 0.15) is 11.5 Å². The molecule has 17 heavy (non-hydrogen) atoms. The van der Waals surface area contributed by atoms with Crippen LogP contribution in [0.2, 0.25) is 0 Å². The molecule has 1 heterocycles. The van der Waals surface area contributed by atoms with E-state index in [-0.39, 0.29) is 5.92 Å². The van der Waals surface area contributed by atoms with Crippen molar-refractivity contribution in [2.24, 2.45) is 0 Å². The zero-order chi connectivity index (χ0) is 12.4. The maximum atomic E-state index is 11.1. The number of carbonyl (C=O) groups is 1. The van der Waals surface area contributed by atoms with Crippen molar-refractivity contribution >= 4 is 28.9 Å². The molecule has 3 heteroatoms. The minimum atomic E-state index is 0.209. The van der Waals surface area contributed by atoms with Crippen LogP contribution in [0.4, 0.5) is 0 Å². The van der Waals surface area contributed by atoms with E-state index in [4.69, 9.17) is 4.42 Å². The standard InChI is InChI=1S/C14H13IO2/c1-9(2)13-11(8-16)12(15)14(17-13)10-6-4-3-5-7-10/h3-9H,1-2H3. The second kappa shape index (κ2) is 5.04. The number of hydrogen-bond acceptors (Lipinski definition) is 2. The molecule has 0 aliphatic carbocycles. The predicted molar refractivity (Wildman–Crippen MR) is 76.3 cm³/mol. The van der Waals surface area contributed by atoms with Crippen LogP contribution in [0, 0.1) is 3.57 Å². The molecule has 0 saturated heterocycles. The molecule has 0 aliphatic heterocycles. The van der Waals surface area contributed by atoms with E-state index in [1.807, 2.05) is 44.2 Å². The highest BCUT2D eigenvalue weighted by molar-refractivity contribution is 14.1. The van der Waals surface area contributed by atoms with Gasteiger partial charge in [-0.25, -0.2) is 0 Å². The van der Waals surface area contributed by atoms with Crippen LogP contribution in [0.3, 0.4) is 0 Å². The average molecular weight is 340 g/mol. The van der Waals surface area contributed by atoms with Gasteiger partial charge in [0, 0.05) is 11.5 Å². The number of hydrogen-bond donors (Lipinski definition) is 0. The quantitative estimate of drug-likeness (QED) is 0.609. The van der Waals surface area contributed by atoms with Crippen molar-refractivity contribution in [1.82, 2.24) is 0 Å². The van der Waals surface area contributed by atoms with E-state index in [0.717, 1.165) is 26.9 Å². The van der Waals surface area contributed by atoms with Crippen molar-refractivity contribution < 1.29 is 9.21 Å². The zero-order valence-corrected chi connectivity index (χ0v) is 11.9. The molecule has 0 fully saturated rings. The molecular formula is C14H13IO2. The summed E-state index contributed by atoms with van der Waals surface area (Å²) in [6.07, 6.45) is 0.882. The normalized spacial score (nSPS) is 10.8. The Hall–Kier alpha value is -1.10. The summed E-state index contributed by atoms with van der Waals surface area (Å²) in [5.74, 6) is 1.77. The molecule has 2 rings (SSSR count). The van der Waals surface area contributed by atoms with Gasteiger partial charge in [-0.3, -0.25) is 4.79 Å². The van der Waals surface area contributed by atoms with E-state index in [0.29, 0.717) is 5.56 Å². The number of aldehydes is 1. The predicted octanol–water partition coefficient (Wildman–Crippen LogP) is 4.49. The first-order chi connectivity index (χ1) is 8.15. The van der Waals surface area contributed by atoms with Crippen molar-refractivity contribution in [1.29, 1.82) is 0 Å². The third-order valence-electron chi connectivity index (χ3n) is 2.59.